The maximum absolute atomic E-state index is 12.9. The molecular formula is C19H19FN2O. The van der Waals surface area contributed by atoms with Gasteiger partial charge in [-0.15, -0.1) is 0 Å². The molecule has 0 fully saturated rings. The molecule has 0 atom stereocenters. The van der Waals surface area contributed by atoms with Crippen LogP contribution in [0.25, 0.3) is 10.9 Å². The molecule has 118 valence electrons. The Morgan fingerprint density at radius 2 is 1.83 bits per heavy atom. The average Bonchev–Trinajstić information content (AvgIpc) is 2.85. The van der Waals surface area contributed by atoms with Crippen molar-refractivity contribution < 1.29 is 9.18 Å². The maximum Gasteiger partial charge on any atom is 0.227 e. The van der Waals surface area contributed by atoms with Crippen LogP contribution in [0.15, 0.2) is 48.5 Å². The molecule has 3 nitrogen and oxygen atoms in total. The Labute approximate surface area is 134 Å². The van der Waals surface area contributed by atoms with E-state index >= 15 is 0 Å². The summed E-state index contributed by atoms with van der Waals surface area (Å²) in [5.41, 5.74) is 4.03. The standard InChI is InChI=1S/C19H19FN2O/c1-13-17(16-5-3-4-6-18(16)21-13)11-19(23)22(2)12-14-7-9-15(20)10-8-14/h3-10,21H,11-12H2,1-2H3. The summed E-state index contributed by atoms with van der Waals surface area (Å²) in [6.07, 6.45) is 0.355. The maximum atomic E-state index is 12.9. The number of carbonyl (C=O) groups is 1. The third-order valence-corrected chi connectivity index (χ3v) is 4.11. The molecule has 3 aromatic rings. The van der Waals surface area contributed by atoms with E-state index in [1.807, 2.05) is 31.2 Å². The van der Waals surface area contributed by atoms with Crippen molar-refractivity contribution in [2.75, 3.05) is 7.05 Å². The molecule has 1 heterocycles. The Balaban J connectivity index is 1.75. The van der Waals surface area contributed by atoms with Gasteiger partial charge in [0.1, 0.15) is 5.82 Å². The van der Waals surface area contributed by atoms with Crippen LogP contribution in [0.3, 0.4) is 0 Å². The quantitative estimate of drug-likeness (QED) is 0.781. The van der Waals surface area contributed by atoms with Crippen molar-refractivity contribution in [2.24, 2.45) is 0 Å². The highest BCUT2D eigenvalue weighted by Crippen LogP contribution is 2.22. The number of aromatic nitrogens is 1. The number of hydrogen-bond donors (Lipinski definition) is 1. The first-order chi connectivity index (χ1) is 11.0. The highest BCUT2D eigenvalue weighted by molar-refractivity contribution is 5.90. The number of para-hydroxylation sites is 1. The number of carbonyl (C=O) groups excluding carboxylic acids is 1. The van der Waals surface area contributed by atoms with Crippen molar-refractivity contribution in [1.82, 2.24) is 9.88 Å². The molecule has 2 aromatic carbocycles. The highest BCUT2D eigenvalue weighted by Gasteiger charge is 2.15. The number of rotatable bonds is 4. The lowest BCUT2D eigenvalue weighted by atomic mass is 10.1. The smallest absolute Gasteiger partial charge is 0.227 e. The van der Waals surface area contributed by atoms with Crippen molar-refractivity contribution in [2.45, 2.75) is 19.9 Å². The summed E-state index contributed by atoms with van der Waals surface area (Å²) in [5, 5.41) is 1.09. The summed E-state index contributed by atoms with van der Waals surface area (Å²) in [4.78, 5) is 17.5. The minimum Gasteiger partial charge on any atom is -0.358 e. The summed E-state index contributed by atoms with van der Waals surface area (Å²) in [5.74, 6) is -0.223. The second-order valence-corrected chi connectivity index (χ2v) is 5.83. The zero-order valence-corrected chi connectivity index (χ0v) is 13.3. The lowest BCUT2D eigenvalue weighted by molar-refractivity contribution is -0.129. The molecule has 0 saturated heterocycles. The van der Waals surface area contributed by atoms with E-state index in [0.29, 0.717) is 13.0 Å². The average molecular weight is 310 g/mol. The van der Waals surface area contributed by atoms with E-state index in [1.54, 1.807) is 24.1 Å². The number of likely N-dealkylation sites (N-methyl/N-ethyl adjacent to an activating group) is 1. The molecule has 0 radical (unpaired) electrons. The lowest BCUT2D eigenvalue weighted by Crippen LogP contribution is -2.27. The lowest BCUT2D eigenvalue weighted by Gasteiger charge is -2.17. The molecule has 0 unspecified atom stereocenters. The number of hydrogen-bond acceptors (Lipinski definition) is 1. The zero-order chi connectivity index (χ0) is 16.4. The van der Waals surface area contributed by atoms with E-state index in [2.05, 4.69) is 4.98 Å². The molecule has 1 N–H and O–H groups in total. The zero-order valence-electron chi connectivity index (χ0n) is 13.3. The van der Waals surface area contributed by atoms with Gasteiger partial charge >= 0.3 is 0 Å². The van der Waals surface area contributed by atoms with Crippen LogP contribution in [0.4, 0.5) is 4.39 Å². The van der Waals surface area contributed by atoms with Crippen LogP contribution in [0, 0.1) is 12.7 Å². The van der Waals surface area contributed by atoms with Crippen LogP contribution in [0.5, 0.6) is 0 Å². The van der Waals surface area contributed by atoms with Crippen LogP contribution in [-0.4, -0.2) is 22.8 Å². The van der Waals surface area contributed by atoms with Gasteiger partial charge in [-0.2, -0.15) is 0 Å². The first-order valence-electron chi connectivity index (χ1n) is 7.59. The second-order valence-electron chi connectivity index (χ2n) is 5.83. The van der Waals surface area contributed by atoms with Gasteiger partial charge in [-0.05, 0) is 36.2 Å². The summed E-state index contributed by atoms with van der Waals surface area (Å²) < 4.78 is 12.9. The SMILES string of the molecule is Cc1[nH]c2ccccc2c1CC(=O)N(C)Cc1ccc(F)cc1. The Bertz CT molecular complexity index is 836. The molecule has 0 aliphatic carbocycles. The highest BCUT2D eigenvalue weighted by atomic mass is 19.1. The molecule has 4 heteroatoms. The van der Waals surface area contributed by atoms with Gasteiger partial charge in [0.2, 0.25) is 5.91 Å². The molecule has 1 amide bonds. The predicted octanol–water partition coefficient (Wildman–Crippen LogP) is 3.82. The van der Waals surface area contributed by atoms with Crippen LogP contribution in [0.1, 0.15) is 16.8 Å². The minimum absolute atomic E-state index is 0.0437. The number of H-pyrrole nitrogens is 1. The number of fused-ring (bicyclic) bond motifs is 1. The number of aromatic amines is 1. The van der Waals surface area contributed by atoms with Crippen LogP contribution in [-0.2, 0) is 17.8 Å². The Morgan fingerprint density at radius 3 is 2.57 bits per heavy atom. The molecule has 1 aromatic heterocycles. The molecule has 3 rings (SSSR count). The number of halogens is 1. The fourth-order valence-corrected chi connectivity index (χ4v) is 2.80. The van der Waals surface area contributed by atoms with Crippen LogP contribution < -0.4 is 0 Å². The molecule has 0 bridgehead atoms. The summed E-state index contributed by atoms with van der Waals surface area (Å²) in [7, 11) is 1.77. The summed E-state index contributed by atoms with van der Waals surface area (Å²) in [6, 6.07) is 14.2. The van der Waals surface area contributed by atoms with Gasteiger partial charge in [0.15, 0.2) is 0 Å². The molecular weight excluding hydrogens is 291 g/mol. The number of nitrogens with one attached hydrogen (secondary N) is 1. The van der Waals surface area contributed by atoms with E-state index in [9.17, 15) is 9.18 Å². The number of aryl methyl sites for hydroxylation is 1. The first-order valence-corrected chi connectivity index (χ1v) is 7.59. The summed E-state index contributed by atoms with van der Waals surface area (Å²) in [6.45, 7) is 2.46. The molecule has 0 saturated carbocycles. The van der Waals surface area contributed by atoms with Gasteiger partial charge in [-0.3, -0.25) is 4.79 Å². The predicted molar refractivity (Wildman–Crippen MR) is 89.6 cm³/mol. The largest absolute Gasteiger partial charge is 0.358 e. The topological polar surface area (TPSA) is 36.1 Å². The van der Waals surface area contributed by atoms with Gasteiger partial charge in [0.25, 0.3) is 0 Å². The van der Waals surface area contributed by atoms with Crippen molar-refractivity contribution in [3.8, 4) is 0 Å². The van der Waals surface area contributed by atoms with Crippen LogP contribution in [0.2, 0.25) is 0 Å². The number of benzene rings is 2. The van der Waals surface area contributed by atoms with Crippen LogP contribution >= 0.6 is 0 Å². The van der Waals surface area contributed by atoms with Gasteiger partial charge < -0.3 is 9.88 Å². The van der Waals surface area contributed by atoms with Crippen molar-refractivity contribution >= 4 is 16.8 Å². The van der Waals surface area contributed by atoms with Gasteiger partial charge in [-0.25, -0.2) is 4.39 Å². The van der Waals surface area contributed by atoms with Gasteiger partial charge in [0, 0.05) is 30.2 Å². The summed E-state index contributed by atoms with van der Waals surface area (Å²) >= 11 is 0. The Kier molecular flexibility index (Phi) is 4.15. The minimum atomic E-state index is -0.267. The fourth-order valence-electron chi connectivity index (χ4n) is 2.80. The van der Waals surface area contributed by atoms with E-state index in [0.717, 1.165) is 27.7 Å². The monoisotopic (exact) mass is 310 g/mol. The van der Waals surface area contributed by atoms with Crippen molar-refractivity contribution in [3.05, 3.63) is 71.2 Å². The fraction of sp³-hybridized carbons (Fsp3) is 0.211. The van der Waals surface area contributed by atoms with Gasteiger partial charge in [0.05, 0.1) is 6.42 Å². The third-order valence-electron chi connectivity index (χ3n) is 4.11. The van der Waals surface area contributed by atoms with E-state index in [-0.39, 0.29) is 11.7 Å². The number of amides is 1. The van der Waals surface area contributed by atoms with E-state index in [1.165, 1.54) is 12.1 Å². The van der Waals surface area contributed by atoms with E-state index < -0.39 is 0 Å². The van der Waals surface area contributed by atoms with E-state index in [4.69, 9.17) is 0 Å². The molecule has 0 aliphatic heterocycles. The van der Waals surface area contributed by atoms with Gasteiger partial charge in [-0.1, -0.05) is 30.3 Å². The Morgan fingerprint density at radius 1 is 1.13 bits per heavy atom. The number of nitrogens with zero attached hydrogens (tertiary/aromatic N) is 1. The normalized spacial score (nSPS) is 10.9. The molecule has 0 spiro atoms. The molecule has 23 heavy (non-hydrogen) atoms. The molecule has 0 aliphatic rings. The Hall–Kier alpha value is -2.62. The second kappa shape index (κ2) is 6.24. The van der Waals surface area contributed by atoms with Crippen molar-refractivity contribution in [3.63, 3.8) is 0 Å². The third kappa shape index (κ3) is 3.26. The van der Waals surface area contributed by atoms with Crippen molar-refractivity contribution in [1.29, 1.82) is 0 Å². The first kappa shape index (κ1) is 15.3.